The minimum Gasteiger partial charge on any atom is -0.462 e. The number of ether oxygens (including phenoxy) is 8. The van der Waals surface area contributed by atoms with Crippen LogP contribution in [0.4, 0.5) is 0 Å². The molecule has 3 aliphatic rings. The van der Waals surface area contributed by atoms with Crippen molar-refractivity contribution in [3.8, 4) is 0 Å². The molecule has 16 atom stereocenters. The molecule has 1 unspecified atom stereocenters. The highest BCUT2D eigenvalue weighted by atomic mass is 31.2. The molecule has 3 aliphatic heterocycles. The number of carbonyl (C=O) groups is 4. The number of cyclic esters (lactones) is 1. The second-order valence-electron chi connectivity index (χ2n) is 16.6. The molecule has 0 bridgehead atoms. The van der Waals surface area contributed by atoms with Gasteiger partial charge >= 0.3 is 25.7 Å². The first-order chi connectivity index (χ1) is 28.8. The van der Waals surface area contributed by atoms with Crippen molar-refractivity contribution in [2.45, 2.75) is 179 Å². The highest BCUT2D eigenvalue weighted by Gasteiger charge is 2.53. The number of aliphatic hydroxyl groups is 3. The summed E-state index contributed by atoms with van der Waals surface area (Å²) in [4.78, 5) is 73.8. The number of hydrogen-bond acceptors (Lipinski definition) is 17. The minimum absolute atomic E-state index is 0.00653. The van der Waals surface area contributed by atoms with Gasteiger partial charge in [0.1, 0.15) is 48.5 Å². The van der Waals surface area contributed by atoms with Crippen molar-refractivity contribution >= 4 is 32.0 Å². The zero-order chi connectivity index (χ0) is 47.1. The van der Waals surface area contributed by atoms with Crippen molar-refractivity contribution in [1.29, 1.82) is 0 Å². The van der Waals surface area contributed by atoms with Crippen molar-refractivity contribution in [2.24, 2.45) is 11.8 Å². The van der Waals surface area contributed by atoms with E-state index >= 15 is 0 Å². The molecule has 358 valence electrons. The molecule has 0 aliphatic carbocycles. The number of methoxy groups -OCH3 is 1. The zero-order valence-electron chi connectivity index (χ0n) is 37.4. The Kier molecular flexibility index (Phi) is 23.0. The Labute approximate surface area is 364 Å². The van der Waals surface area contributed by atoms with Crippen molar-refractivity contribution in [3.63, 3.8) is 0 Å². The average molecular weight is 912 g/mol. The maximum Gasteiger partial charge on any atom is 0.466 e. The summed E-state index contributed by atoms with van der Waals surface area (Å²) in [5, 5.41) is 34.1. The number of carbonyl (C=O) groups excluding carboxylic acids is 4. The summed E-state index contributed by atoms with van der Waals surface area (Å²) in [6, 6.07) is -0.783. The third-order valence-corrected chi connectivity index (χ3v) is 10.9. The first kappa shape index (κ1) is 55.4. The van der Waals surface area contributed by atoms with E-state index in [1.165, 1.54) is 14.0 Å². The van der Waals surface area contributed by atoms with E-state index in [4.69, 9.17) is 57.1 Å². The van der Waals surface area contributed by atoms with Crippen molar-refractivity contribution < 1.29 is 91.6 Å². The quantitative estimate of drug-likeness (QED) is 0.0705. The summed E-state index contributed by atoms with van der Waals surface area (Å²) >= 11 is 0. The van der Waals surface area contributed by atoms with Gasteiger partial charge in [-0.1, -0.05) is 38.2 Å². The van der Waals surface area contributed by atoms with Crippen LogP contribution in [0.5, 0.6) is 0 Å². The molecule has 2 fully saturated rings. The number of aldehydes is 1. The Hall–Kier alpha value is -2.69. The SMILES string of the molecule is CCCC(=O)O[C@]1(C)C[C@H](O[C@H]2[C@H](N(C)C)[C@@H](O)C(O[C@H]3[C@@H](CC=O)C[C@@H](C)[C@@H](O)/C=C/C=C/C[C@@H](C)OC(=O)C[C@@H](OC(C)=O)[C@@H]3OC)O[C@@H]2C)O[C@@H](C)[C@@H]1O.O=P(O)(O)O. The number of aliphatic hydroxyl groups excluding tert-OH is 3. The van der Waals surface area contributed by atoms with Gasteiger partial charge in [0, 0.05) is 39.7 Å². The van der Waals surface area contributed by atoms with Gasteiger partial charge in [-0.15, -0.1) is 0 Å². The normalized spacial score (nSPS) is 38.7. The first-order valence-corrected chi connectivity index (χ1v) is 22.4. The van der Waals surface area contributed by atoms with E-state index in [0.29, 0.717) is 19.1 Å². The van der Waals surface area contributed by atoms with Gasteiger partial charge in [0.05, 0.1) is 36.9 Å². The van der Waals surface area contributed by atoms with Crippen LogP contribution >= 0.6 is 7.82 Å². The number of nitrogens with zero attached hydrogens (tertiary/aromatic N) is 1. The number of hydrogen-bond donors (Lipinski definition) is 6. The Balaban J connectivity index is 0.00000249. The Morgan fingerprint density at radius 2 is 1.65 bits per heavy atom. The van der Waals surface area contributed by atoms with E-state index in [-0.39, 0.29) is 25.7 Å². The predicted molar refractivity (Wildman–Crippen MR) is 220 cm³/mol. The Morgan fingerprint density at radius 3 is 2.21 bits per heavy atom. The molecule has 0 aromatic rings. The van der Waals surface area contributed by atoms with E-state index in [9.17, 15) is 34.5 Å². The van der Waals surface area contributed by atoms with Crippen LogP contribution in [0.2, 0.25) is 0 Å². The highest BCUT2D eigenvalue weighted by Crippen LogP contribution is 2.38. The Morgan fingerprint density at radius 1 is 1.00 bits per heavy atom. The van der Waals surface area contributed by atoms with Gasteiger partial charge in [-0.3, -0.25) is 14.4 Å². The average Bonchev–Trinajstić information content (AvgIpc) is 3.13. The number of rotatable bonds is 12. The summed E-state index contributed by atoms with van der Waals surface area (Å²) in [5.41, 5.74) is -1.31. The summed E-state index contributed by atoms with van der Waals surface area (Å²) in [5.74, 6) is -2.90. The second-order valence-corrected chi connectivity index (χ2v) is 17.6. The number of esters is 3. The van der Waals surface area contributed by atoms with Gasteiger partial charge in [0.25, 0.3) is 0 Å². The third-order valence-electron chi connectivity index (χ3n) is 10.9. The molecule has 20 nitrogen and oxygen atoms in total. The predicted octanol–water partition coefficient (Wildman–Crippen LogP) is 1.84. The molecule has 0 saturated carbocycles. The summed E-state index contributed by atoms with van der Waals surface area (Å²) in [6.45, 7) is 11.6. The second kappa shape index (κ2) is 25.7. The monoisotopic (exact) mass is 911 g/mol. The molecule has 62 heavy (non-hydrogen) atoms. The molecule has 0 spiro atoms. The number of likely N-dealkylation sites (N-methyl/N-ethyl adjacent to an activating group) is 1. The summed E-state index contributed by atoms with van der Waals surface area (Å²) in [7, 11) is 0.216. The maximum absolute atomic E-state index is 13.2. The van der Waals surface area contributed by atoms with Gasteiger partial charge in [-0.2, -0.15) is 0 Å². The fourth-order valence-electron chi connectivity index (χ4n) is 7.94. The van der Waals surface area contributed by atoms with Crippen LogP contribution in [-0.4, -0.2) is 166 Å². The molecule has 3 rings (SSSR count). The molecule has 0 aromatic heterocycles. The molecule has 0 aromatic carbocycles. The van der Waals surface area contributed by atoms with E-state index in [1.807, 2.05) is 13.8 Å². The first-order valence-electron chi connectivity index (χ1n) is 20.8. The van der Waals surface area contributed by atoms with Crippen LogP contribution in [0.25, 0.3) is 0 Å². The highest BCUT2D eigenvalue weighted by molar-refractivity contribution is 7.45. The minimum atomic E-state index is -4.64. The van der Waals surface area contributed by atoms with E-state index < -0.39 is 129 Å². The maximum atomic E-state index is 13.2. The van der Waals surface area contributed by atoms with Crippen molar-refractivity contribution in [1.82, 2.24) is 4.90 Å². The lowest BCUT2D eigenvalue weighted by Gasteiger charge is -2.50. The zero-order valence-corrected chi connectivity index (χ0v) is 38.3. The molecule has 2 saturated heterocycles. The van der Waals surface area contributed by atoms with Crippen LogP contribution in [0.1, 0.15) is 93.4 Å². The van der Waals surface area contributed by atoms with Gasteiger partial charge in [0.2, 0.25) is 0 Å². The van der Waals surface area contributed by atoms with E-state index in [2.05, 4.69) is 0 Å². The Bertz CT molecular complexity index is 1520. The van der Waals surface area contributed by atoms with Crippen molar-refractivity contribution in [2.75, 3.05) is 21.2 Å². The number of allylic oxidation sites excluding steroid dienone is 2. The number of phosphoric acid groups is 1. The topological polar surface area (TPSA) is 284 Å². The fraction of sp³-hybridized carbons (Fsp3) is 0.805. The summed E-state index contributed by atoms with van der Waals surface area (Å²) < 4.78 is 57.5. The van der Waals surface area contributed by atoms with Crippen LogP contribution in [0, 0.1) is 11.8 Å². The molecular formula is C41H70NO19P. The molecule has 3 heterocycles. The summed E-state index contributed by atoms with van der Waals surface area (Å²) in [6.07, 6.45) is -3.69. The molecule has 0 amide bonds. The van der Waals surface area contributed by atoms with Crippen LogP contribution in [-0.2, 0) is 61.6 Å². The van der Waals surface area contributed by atoms with E-state index in [0.717, 1.165) is 0 Å². The smallest absolute Gasteiger partial charge is 0.462 e. The van der Waals surface area contributed by atoms with Crippen LogP contribution in [0.15, 0.2) is 24.3 Å². The van der Waals surface area contributed by atoms with Crippen LogP contribution in [0.3, 0.4) is 0 Å². The third kappa shape index (κ3) is 17.7. The van der Waals surface area contributed by atoms with Crippen molar-refractivity contribution in [3.05, 3.63) is 24.3 Å². The fourth-order valence-corrected chi connectivity index (χ4v) is 7.94. The largest absolute Gasteiger partial charge is 0.466 e. The van der Waals surface area contributed by atoms with Gasteiger partial charge in [-0.05, 0) is 66.5 Å². The van der Waals surface area contributed by atoms with Gasteiger partial charge in [0.15, 0.2) is 12.6 Å². The van der Waals surface area contributed by atoms with Gasteiger partial charge in [-0.25, -0.2) is 4.57 Å². The lowest BCUT2D eigenvalue weighted by Crippen LogP contribution is -2.66. The molecule has 21 heteroatoms. The lowest BCUT2D eigenvalue weighted by molar-refractivity contribution is -0.344. The lowest BCUT2D eigenvalue weighted by atomic mass is 9.82. The molecular weight excluding hydrogens is 841 g/mol. The standard InChI is InChI=1S/C41H67NO15.H3O4P/c1-11-15-31(46)57-41(7)22-33(52-26(5)39(41)49)55-36-25(4)53-40(35(48)34(36)42(8)9)56-37-28(18-19-43)20-23(2)29(45)17-14-12-13-16-24(3)51-32(47)21-30(38(37)50-10)54-27(6)44;1-5(2,3)4/h12-14,17,19,23-26,28-30,33-40,45,48-49H,11,15-16,18,20-22H2,1-10H3;(H3,1,2,3,4)/b13-12+,17-14+;/t23-,24-,25-,26+,28+,29+,30-,33+,34-,35-,36-,37+,38+,39+,40?,41-;/m1./s1. The van der Waals surface area contributed by atoms with Gasteiger partial charge < -0.3 is 77.6 Å². The van der Waals surface area contributed by atoms with E-state index in [1.54, 1.807) is 71.0 Å². The molecule has 0 radical (unpaired) electrons. The molecule has 6 N–H and O–H groups in total. The van der Waals surface area contributed by atoms with Crippen LogP contribution < -0.4 is 0 Å².